The minimum Gasteiger partial charge on any atom is -0.481 e. The van der Waals surface area contributed by atoms with Crippen LogP contribution in [0.3, 0.4) is 0 Å². The second-order valence-electron chi connectivity index (χ2n) is 3.82. The lowest BCUT2D eigenvalue weighted by Gasteiger charge is -2.06. The second kappa shape index (κ2) is 6.36. The van der Waals surface area contributed by atoms with E-state index in [4.69, 9.17) is 10.8 Å². The summed E-state index contributed by atoms with van der Waals surface area (Å²) in [6, 6.07) is 6.00. The standard InChI is InChI=1S/C11H16N2O4S/c12-9-4-3-5-10(8-9)18(16,17)13-7-2-1-6-11(14)15/h3-5,8,13H,1-2,6-7,12H2,(H,14,15). The van der Waals surface area contributed by atoms with Gasteiger partial charge < -0.3 is 10.8 Å². The molecule has 4 N–H and O–H groups in total. The maximum Gasteiger partial charge on any atom is 0.303 e. The van der Waals surface area contributed by atoms with Crippen molar-refractivity contribution in [1.82, 2.24) is 4.72 Å². The molecule has 0 aliphatic rings. The number of carbonyl (C=O) groups is 1. The summed E-state index contributed by atoms with van der Waals surface area (Å²) in [5, 5.41) is 8.43. The third-order valence-corrected chi connectivity index (χ3v) is 3.74. The van der Waals surface area contributed by atoms with Crippen molar-refractivity contribution in [2.75, 3.05) is 12.3 Å². The first-order valence-electron chi connectivity index (χ1n) is 5.49. The molecule has 0 aliphatic heterocycles. The highest BCUT2D eigenvalue weighted by Gasteiger charge is 2.12. The Labute approximate surface area is 106 Å². The molecule has 6 nitrogen and oxygen atoms in total. The van der Waals surface area contributed by atoms with Crippen molar-refractivity contribution in [3.8, 4) is 0 Å². The van der Waals surface area contributed by atoms with Crippen LogP contribution in [0.1, 0.15) is 19.3 Å². The molecule has 7 heteroatoms. The van der Waals surface area contributed by atoms with Gasteiger partial charge in [-0.1, -0.05) is 6.07 Å². The Balaban J connectivity index is 2.48. The van der Waals surface area contributed by atoms with E-state index in [9.17, 15) is 13.2 Å². The van der Waals surface area contributed by atoms with E-state index in [0.717, 1.165) is 0 Å². The van der Waals surface area contributed by atoms with E-state index >= 15 is 0 Å². The average Bonchev–Trinajstić information content (AvgIpc) is 2.28. The molecule has 0 saturated carbocycles. The number of hydrogen-bond acceptors (Lipinski definition) is 4. The van der Waals surface area contributed by atoms with Crippen LogP contribution in [0, 0.1) is 0 Å². The lowest BCUT2D eigenvalue weighted by atomic mass is 10.2. The molecule has 0 saturated heterocycles. The minimum absolute atomic E-state index is 0.0417. The Morgan fingerprint density at radius 2 is 2.06 bits per heavy atom. The van der Waals surface area contributed by atoms with Crippen molar-refractivity contribution in [3.63, 3.8) is 0 Å². The quantitative estimate of drug-likeness (QED) is 0.502. The normalized spacial score (nSPS) is 11.3. The predicted molar refractivity (Wildman–Crippen MR) is 67.5 cm³/mol. The van der Waals surface area contributed by atoms with Crippen LogP contribution in [0.25, 0.3) is 0 Å². The van der Waals surface area contributed by atoms with E-state index < -0.39 is 16.0 Å². The number of nitrogens with one attached hydrogen (secondary N) is 1. The molecule has 0 atom stereocenters. The molecule has 18 heavy (non-hydrogen) atoms. The topological polar surface area (TPSA) is 109 Å². The second-order valence-corrected chi connectivity index (χ2v) is 5.59. The highest BCUT2D eigenvalue weighted by Crippen LogP contribution is 2.12. The summed E-state index contributed by atoms with van der Waals surface area (Å²) in [6.45, 7) is 0.213. The average molecular weight is 272 g/mol. The largest absolute Gasteiger partial charge is 0.481 e. The summed E-state index contributed by atoms with van der Waals surface area (Å²) >= 11 is 0. The molecular weight excluding hydrogens is 256 g/mol. The Kier molecular flexibility index (Phi) is 5.11. The molecule has 0 aromatic heterocycles. The Morgan fingerprint density at radius 1 is 1.33 bits per heavy atom. The van der Waals surface area contributed by atoms with E-state index in [1.807, 2.05) is 0 Å². The zero-order valence-electron chi connectivity index (χ0n) is 9.80. The maximum absolute atomic E-state index is 11.8. The number of unbranched alkanes of at least 4 members (excludes halogenated alkanes) is 1. The first kappa shape index (κ1) is 14.5. The number of sulfonamides is 1. The van der Waals surface area contributed by atoms with Crippen LogP contribution in [0.15, 0.2) is 29.2 Å². The Bertz CT molecular complexity index is 514. The summed E-state index contributed by atoms with van der Waals surface area (Å²) in [7, 11) is -3.56. The lowest BCUT2D eigenvalue weighted by molar-refractivity contribution is -0.137. The molecule has 0 fully saturated rings. The van der Waals surface area contributed by atoms with Gasteiger partial charge in [0.2, 0.25) is 10.0 Å². The SMILES string of the molecule is Nc1cccc(S(=O)(=O)NCCCCC(=O)O)c1. The highest BCUT2D eigenvalue weighted by atomic mass is 32.2. The predicted octanol–water partition coefficient (Wildman–Crippen LogP) is 0.802. The monoisotopic (exact) mass is 272 g/mol. The van der Waals surface area contributed by atoms with Gasteiger partial charge in [0.1, 0.15) is 0 Å². The van der Waals surface area contributed by atoms with Crippen LogP contribution in [-0.4, -0.2) is 26.0 Å². The van der Waals surface area contributed by atoms with Crippen LogP contribution in [-0.2, 0) is 14.8 Å². The summed E-state index contributed by atoms with van der Waals surface area (Å²) in [4.78, 5) is 10.4. The van der Waals surface area contributed by atoms with Gasteiger partial charge in [0.25, 0.3) is 0 Å². The van der Waals surface area contributed by atoms with Gasteiger partial charge in [0.05, 0.1) is 4.90 Å². The van der Waals surface area contributed by atoms with Crippen molar-refractivity contribution in [1.29, 1.82) is 0 Å². The Hall–Kier alpha value is -1.60. The van der Waals surface area contributed by atoms with Crippen LogP contribution in [0.5, 0.6) is 0 Å². The van der Waals surface area contributed by atoms with Gasteiger partial charge in [-0.25, -0.2) is 13.1 Å². The third-order valence-electron chi connectivity index (χ3n) is 2.28. The van der Waals surface area contributed by atoms with Gasteiger partial charge in [-0.15, -0.1) is 0 Å². The first-order chi connectivity index (χ1) is 8.42. The molecule has 100 valence electrons. The fourth-order valence-corrected chi connectivity index (χ4v) is 2.50. The van der Waals surface area contributed by atoms with Crippen molar-refractivity contribution in [2.24, 2.45) is 0 Å². The molecular formula is C11H16N2O4S. The number of rotatable bonds is 7. The number of hydrogen-bond donors (Lipinski definition) is 3. The fourth-order valence-electron chi connectivity index (χ4n) is 1.37. The summed E-state index contributed by atoms with van der Waals surface area (Å²) < 4.78 is 26.0. The van der Waals surface area contributed by atoms with Crippen LogP contribution >= 0.6 is 0 Å². The number of benzene rings is 1. The van der Waals surface area contributed by atoms with Gasteiger partial charge >= 0.3 is 5.97 Å². The van der Waals surface area contributed by atoms with E-state index in [1.54, 1.807) is 12.1 Å². The van der Waals surface area contributed by atoms with Gasteiger partial charge in [-0.05, 0) is 31.0 Å². The molecule has 0 amide bonds. The van der Waals surface area contributed by atoms with E-state index in [0.29, 0.717) is 18.5 Å². The number of carboxylic acids is 1. The molecule has 0 radical (unpaired) electrons. The van der Waals surface area contributed by atoms with Crippen molar-refractivity contribution in [2.45, 2.75) is 24.2 Å². The number of anilines is 1. The van der Waals surface area contributed by atoms with Crippen LogP contribution in [0.4, 0.5) is 5.69 Å². The number of carboxylic acid groups (broad SMARTS) is 1. The lowest BCUT2D eigenvalue weighted by Crippen LogP contribution is -2.25. The molecule has 0 heterocycles. The van der Waals surface area contributed by atoms with Gasteiger partial charge in [0.15, 0.2) is 0 Å². The maximum atomic E-state index is 11.8. The van der Waals surface area contributed by atoms with Gasteiger partial charge in [0, 0.05) is 18.7 Å². The van der Waals surface area contributed by atoms with Crippen LogP contribution < -0.4 is 10.5 Å². The first-order valence-corrected chi connectivity index (χ1v) is 6.97. The number of nitrogens with two attached hydrogens (primary N) is 1. The minimum atomic E-state index is -3.56. The molecule has 0 aliphatic carbocycles. The van der Waals surface area contributed by atoms with Crippen molar-refractivity contribution >= 4 is 21.7 Å². The molecule has 1 aromatic carbocycles. The fraction of sp³-hybridized carbons (Fsp3) is 0.364. The molecule has 0 bridgehead atoms. The van der Waals surface area contributed by atoms with Gasteiger partial charge in [-0.3, -0.25) is 4.79 Å². The van der Waals surface area contributed by atoms with Crippen LogP contribution in [0.2, 0.25) is 0 Å². The summed E-state index contributed by atoms with van der Waals surface area (Å²) in [6.07, 6.45) is 0.961. The molecule has 1 rings (SSSR count). The summed E-state index contributed by atoms with van der Waals surface area (Å²) in [5.74, 6) is -0.881. The van der Waals surface area contributed by atoms with Crippen molar-refractivity contribution in [3.05, 3.63) is 24.3 Å². The zero-order chi connectivity index (χ0) is 13.6. The van der Waals surface area contributed by atoms with Crippen molar-refractivity contribution < 1.29 is 18.3 Å². The molecule has 0 unspecified atom stereocenters. The van der Waals surface area contributed by atoms with Gasteiger partial charge in [-0.2, -0.15) is 0 Å². The third kappa shape index (κ3) is 4.72. The molecule has 1 aromatic rings. The van der Waals surface area contributed by atoms with E-state index in [-0.39, 0.29) is 17.9 Å². The number of aliphatic carboxylic acids is 1. The highest BCUT2D eigenvalue weighted by molar-refractivity contribution is 7.89. The van der Waals surface area contributed by atoms with E-state index in [1.165, 1.54) is 12.1 Å². The molecule has 0 spiro atoms. The zero-order valence-corrected chi connectivity index (χ0v) is 10.6. The summed E-state index contributed by atoms with van der Waals surface area (Å²) in [5.41, 5.74) is 5.89. The number of nitrogen functional groups attached to an aromatic ring is 1. The van der Waals surface area contributed by atoms with E-state index in [2.05, 4.69) is 4.72 Å². The Morgan fingerprint density at radius 3 is 2.67 bits per heavy atom. The smallest absolute Gasteiger partial charge is 0.303 e.